The van der Waals surface area contributed by atoms with E-state index in [1.54, 1.807) is 0 Å². The summed E-state index contributed by atoms with van der Waals surface area (Å²) in [5, 5.41) is 0. The second-order valence-corrected chi connectivity index (χ2v) is 6.74. The van der Waals surface area contributed by atoms with Crippen LogP contribution >= 0.6 is 15.9 Å². The third-order valence-electron chi connectivity index (χ3n) is 4.19. The van der Waals surface area contributed by atoms with Gasteiger partial charge in [0.1, 0.15) is 5.75 Å². The molecule has 2 nitrogen and oxygen atoms in total. The average Bonchev–Trinajstić information content (AvgIpc) is 3.13. The van der Waals surface area contributed by atoms with Gasteiger partial charge in [0.25, 0.3) is 0 Å². The molecular weight excluding hydrogens is 290 g/mol. The molecule has 0 aliphatic heterocycles. The fourth-order valence-corrected chi connectivity index (χ4v) is 3.34. The Morgan fingerprint density at radius 1 is 1.39 bits per heavy atom. The lowest BCUT2D eigenvalue weighted by Gasteiger charge is -2.24. The zero-order valence-electron chi connectivity index (χ0n) is 11.0. The predicted octanol–water partition coefficient (Wildman–Crippen LogP) is 3.68. The van der Waals surface area contributed by atoms with E-state index in [0.29, 0.717) is 6.10 Å². The van der Waals surface area contributed by atoms with Crippen molar-refractivity contribution < 1.29 is 4.74 Å². The fraction of sp³-hybridized carbons (Fsp3) is 0.600. The van der Waals surface area contributed by atoms with Crippen LogP contribution in [0.15, 0.2) is 16.6 Å². The lowest BCUT2D eigenvalue weighted by Crippen LogP contribution is -2.32. The number of rotatable bonds is 4. The summed E-state index contributed by atoms with van der Waals surface area (Å²) in [7, 11) is 0. The monoisotopic (exact) mass is 309 g/mol. The summed E-state index contributed by atoms with van der Waals surface area (Å²) in [5.74, 6) is 1.04. The first-order valence-electron chi connectivity index (χ1n) is 6.76. The standard InChI is InChI=1S/C15H20BrNO/c1-9-7-12(15(5-6-15)10(2)17)14(13(16)8-9)18-11-3-4-11/h7-8,10-11H,3-6,17H2,1-2H3. The van der Waals surface area contributed by atoms with E-state index in [-0.39, 0.29) is 11.5 Å². The van der Waals surface area contributed by atoms with E-state index in [9.17, 15) is 0 Å². The molecule has 18 heavy (non-hydrogen) atoms. The van der Waals surface area contributed by atoms with Crippen LogP contribution in [0.25, 0.3) is 0 Å². The maximum Gasteiger partial charge on any atom is 0.137 e. The number of ether oxygens (including phenoxy) is 1. The Balaban J connectivity index is 2.05. The summed E-state index contributed by atoms with van der Waals surface area (Å²) in [6.07, 6.45) is 5.16. The molecule has 0 saturated heterocycles. The minimum atomic E-state index is 0.152. The molecule has 2 fully saturated rings. The van der Waals surface area contributed by atoms with Gasteiger partial charge in [-0.15, -0.1) is 0 Å². The number of nitrogens with two attached hydrogens (primary N) is 1. The van der Waals surface area contributed by atoms with Crippen LogP contribution in [0.3, 0.4) is 0 Å². The van der Waals surface area contributed by atoms with Gasteiger partial charge in [0.15, 0.2) is 0 Å². The van der Waals surface area contributed by atoms with Crippen LogP contribution in [-0.4, -0.2) is 12.1 Å². The number of halogens is 1. The van der Waals surface area contributed by atoms with Crippen molar-refractivity contribution in [3.63, 3.8) is 0 Å². The maximum absolute atomic E-state index is 6.21. The van der Waals surface area contributed by atoms with E-state index in [2.05, 4.69) is 41.9 Å². The van der Waals surface area contributed by atoms with Crippen molar-refractivity contribution >= 4 is 15.9 Å². The Bertz CT molecular complexity index is 476. The minimum Gasteiger partial charge on any atom is -0.489 e. The maximum atomic E-state index is 6.21. The van der Waals surface area contributed by atoms with Crippen LogP contribution in [0.1, 0.15) is 43.7 Å². The Kier molecular flexibility index (Phi) is 2.94. The first kappa shape index (κ1) is 12.5. The molecule has 0 aromatic heterocycles. The van der Waals surface area contributed by atoms with E-state index in [4.69, 9.17) is 10.5 Å². The molecule has 1 unspecified atom stereocenters. The predicted molar refractivity (Wildman–Crippen MR) is 77.1 cm³/mol. The zero-order chi connectivity index (χ0) is 12.9. The molecule has 2 aliphatic carbocycles. The largest absolute Gasteiger partial charge is 0.489 e. The molecule has 98 valence electrons. The van der Waals surface area contributed by atoms with Gasteiger partial charge in [-0.1, -0.05) is 6.07 Å². The first-order valence-corrected chi connectivity index (χ1v) is 7.55. The quantitative estimate of drug-likeness (QED) is 0.921. The summed E-state index contributed by atoms with van der Waals surface area (Å²) in [6.45, 7) is 4.25. The summed E-state index contributed by atoms with van der Waals surface area (Å²) in [5.41, 5.74) is 8.95. The van der Waals surface area contributed by atoms with E-state index in [1.165, 1.54) is 36.8 Å². The zero-order valence-corrected chi connectivity index (χ0v) is 12.6. The van der Waals surface area contributed by atoms with E-state index < -0.39 is 0 Å². The van der Waals surface area contributed by atoms with Crippen molar-refractivity contribution in [2.75, 3.05) is 0 Å². The third-order valence-corrected chi connectivity index (χ3v) is 4.78. The Morgan fingerprint density at radius 3 is 2.56 bits per heavy atom. The van der Waals surface area contributed by atoms with Gasteiger partial charge in [-0.2, -0.15) is 0 Å². The highest BCUT2D eigenvalue weighted by Crippen LogP contribution is 2.55. The number of benzene rings is 1. The molecule has 0 spiro atoms. The van der Waals surface area contributed by atoms with Crippen molar-refractivity contribution in [3.8, 4) is 5.75 Å². The van der Waals surface area contributed by atoms with Gasteiger partial charge in [0, 0.05) is 17.0 Å². The lowest BCUT2D eigenvalue weighted by molar-refractivity contribution is 0.293. The molecule has 0 heterocycles. The first-order chi connectivity index (χ1) is 8.53. The molecule has 1 atom stereocenters. The van der Waals surface area contributed by atoms with Crippen molar-refractivity contribution in [2.24, 2.45) is 5.73 Å². The molecule has 3 heteroatoms. The Hall–Kier alpha value is -0.540. The second kappa shape index (κ2) is 4.24. The van der Waals surface area contributed by atoms with Crippen LogP contribution in [0, 0.1) is 6.92 Å². The van der Waals surface area contributed by atoms with Gasteiger partial charge in [-0.3, -0.25) is 0 Å². The van der Waals surface area contributed by atoms with Gasteiger partial charge in [-0.25, -0.2) is 0 Å². The molecule has 0 radical (unpaired) electrons. The van der Waals surface area contributed by atoms with Crippen LogP contribution in [0.5, 0.6) is 5.75 Å². The summed E-state index contributed by atoms with van der Waals surface area (Å²) in [4.78, 5) is 0. The minimum absolute atomic E-state index is 0.152. The molecule has 0 bridgehead atoms. The van der Waals surface area contributed by atoms with E-state index >= 15 is 0 Å². The smallest absolute Gasteiger partial charge is 0.137 e. The lowest BCUT2D eigenvalue weighted by atomic mass is 9.88. The van der Waals surface area contributed by atoms with E-state index in [1.807, 2.05) is 0 Å². The number of hydrogen-bond donors (Lipinski definition) is 1. The number of aryl methyl sites for hydroxylation is 1. The van der Waals surface area contributed by atoms with Crippen LogP contribution in [0.4, 0.5) is 0 Å². The Labute approximate surface area is 117 Å². The molecule has 1 aromatic carbocycles. The highest BCUT2D eigenvalue weighted by Gasteiger charge is 2.49. The molecule has 2 saturated carbocycles. The van der Waals surface area contributed by atoms with Crippen molar-refractivity contribution in [3.05, 3.63) is 27.7 Å². The molecular formula is C15H20BrNO. The fourth-order valence-electron chi connectivity index (χ4n) is 2.68. The molecule has 0 amide bonds. The van der Waals surface area contributed by atoms with Crippen LogP contribution < -0.4 is 10.5 Å². The molecule has 2 aliphatic rings. The van der Waals surface area contributed by atoms with Gasteiger partial charge in [-0.05, 0) is 67.1 Å². The van der Waals surface area contributed by atoms with Gasteiger partial charge < -0.3 is 10.5 Å². The third kappa shape index (κ3) is 2.08. The molecule has 3 rings (SSSR count). The van der Waals surface area contributed by atoms with Crippen molar-refractivity contribution in [1.29, 1.82) is 0 Å². The highest BCUT2D eigenvalue weighted by molar-refractivity contribution is 9.10. The topological polar surface area (TPSA) is 35.2 Å². The van der Waals surface area contributed by atoms with Crippen LogP contribution in [-0.2, 0) is 5.41 Å². The van der Waals surface area contributed by atoms with Crippen molar-refractivity contribution in [2.45, 2.75) is 57.1 Å². The van der Waals surface area contributed by atoms with Crippen molar-refractivity contribution in [1.82, 2.24) is 0 Å². The Morgan fingerprint density at radius 2 is 2.06 bits per heavy atom. The normalized spacial score (nSPS) is 22.7. The summed E-state index contributed by atoms with van der Waals surface area (Å²) < 4.78 is 7.20. The van der Waals surface area contributed by atoms with Gasteiger partial charge in [0.2, 0.25) is 0 Å². The van der Waals surface area contributed by atoms with Gasteiger partial charge >= 0.3 is 0 Å². The molecule has 1 aromatic rings. The SMILES string of the molecule is Cc1cc(Br)c(OC2CC2)c(C2(C(C)N)CC2)c1. The number of hydrogen-bond acceptors (Lipinski definition) is 2. The molecule has 2 N–H and O–H groups in total. The van der Waals surface area contributed by atoms with Gasteiger partial charge in [0.05, 0.1) is 10.6 Å². The second-order valence-electron chi connectivity index (χ2n) is 5.89. The van der Waals surface area contributed by atoms with Crippen LogP contribution in [0.2, 0.25) is 0 Å². The van der Waals surface area contributed by atoms with E-state index in [0.717, 1.165) is 10.2 Å². The summed E-state index contributed by atoms with van der Waals surface area (Å²) in [6, 6.07) is 4.59. The average molecular weight is 310 g/mol. The highest BCUT2D eigenvalue weighted by atomic mass is 79.9. The summed E-state index contributed by atoms with van der Waals surface area (Å²) >= 11 is 3.66.